The SMILES string of the molecule is O=C1C(=C/C=C/c2ccc([N+](=O)[O-])cc2)c2ccccc2N1Cc1ccc(OCCBr)cc1. The molecule has 3 aromatic carbocycles. The second kappa shape index (κ2) is 10.3. The van der Waals surface area contributed by atoms with E-state index >= 15 is 0 Å². The van der Waals surface area contributed by atoms with Crippen LogP contribution in [0.25, 0.3) is 11.6 Å². The first-order chi connectivity index (χ1) is 16.1. The topological polar surface area (TPSA) is 72.7 Å². The third-order valence-electron chi connectivity index (χ3n) is 5.23. The van der Waals surface area contributed by atoms with E-state index < -0.39 is 4.92 Å². The lowest BCUT2D eigenvalue weighted by Gasteiger charge is -2.17. The molecular weight excluding hydrogens is 484 g/mol. The van der Waals surface area contributed by atoms with Gasteiger partial charge in [0.1, 0.15) is 5.75 Å². The molecule has 0 aromatic heterocycles. The van der Waals surface area contributed by atoms with Gasteiger partial charge >= 0.3 is 0 Å². The molecule has 0 radical (unpaired) electrons. The van der Waals surface area contributed by atoms with Crippen LogP contribution in [0.3, 0.4) is 0 Å². The van der Waals surface area contributed by atoms with E-state index in [0.717, 1.165) is 33.5 Å². The van der Waals surface area contributed by atoms with Crippen LogP contribution < -0.4 is 9.64 Å². The summed E-state index contributed by atoms with van der Waals surface area (Å²) in [5.74, 6) is 0.729. The van der Waals surface area contributed by atoms with Crippen LogP contribution in [0.15, 0.2) is 84.9 Å². The summed E-state index contributed by atoms with van der Waals surface area (Å²) < 4.78 is 5.60. The summed E-state index contributed by atoms with van der Waals surface area (Å²) in [7, 11) is 0. The number of nitro groups is 1. The second-order valence-electron chi connectivity index (χ2n) is 7.38. The minimum absolute atomic E-state index is 0.0451. The fourth-order valence-electron chi connectivity index (χ4n) is 3.62. The van der Waals surface area contributed by atoms with E-state index in [1.165, 1.54) is 12.1 Å². The molecule has 6 nitrogen and oxygen atoms in total. The lowest BCUT2D eigenvalue weighted by Crippen LogP contribution is -2.25. The first-order valence-corrected chi connectivity index (χ1v) is 11.5. The number of fused-ring (bicyclic) bond motifs is 1. The van der Waals surface area contributed by atoms with Crippen molar-refractivity contribution >= 4 is 44.9 Å². The van der Waals surface area contributed by atoms with E-state index in [1.807, 2.05) is 54.6 Å². The monoisotopic (exact) mass is 504 g/mol. The Balaban J connectivity index is 1.53. The largest absolute Gasteiger partial charge is 0.493 e. The predicted molar refractivity (Wildman–Crippen MR) is 133 cm³/mol. The van der Waals surface area contributed by atoms with Crippen LogP contribution in [0.5, 0.6) is 5.75 Å². The van der Waals surface area contributed by atoms with Gasteiger partial charge in [-0.15, -0.1) is 0 Å². The van der Waals surface area contributed by atoms with Crippen LogP contribution >= 0.6 is 15.9 Å². The Morgan fingerprint density at radius 2 is 1.73 bits per heavy atom. The van der Waals surface area contributed by atoms with Gasteiger partial charge in [0.25, 0.3) is 11.6 Å². The number of carbonyl (C=O) groups excluding carboxylic acids is 1. The van der Waals surface area contributed by atoms with Crippen molar-refractivity contribution in [3.8, 4) is 5.75 Å². The summed E-state index contributed by atoms with van der Waals surface area (Å²) in [6.45, 7) is 1.05. The minimum atomic E-state index is -0.429. The Morgan fingerprint density at radius 3 is 2.42 bits per heavy atom. The molecule has 1 aliphatic rings. The van der Waals surface area contributed by atoms with E-state index in [9.17, 15) is 14.9 Å². The number of benzene rings is 3. The smallest absolute Gasteiger partial charge is 0.269 e. The number of halogens is 1. The summed E-state index contributed by atoms with van der Waals surface area (Å²) in [6.07, 6.45) is 5.41. The number of anilines is 1. The Bertz CT molecular complexity index is 1220. The molecule has 1 amide bonds. The molecule has 0 atom stereocenters. The molecule has 0 N–H and O–H groups in total. The van der Waals surface area contributed by atoms with Crippen LogP contribution in [-0.4, -0.2) is 22.8 Å². The van der Waals surface area contributed by atoms with Gasteiger partial charge in [0.15, 0.2) is 0 Å². The van der Waals surface area contributed by atoms with Gasteiger partial charge in [-0.05, 0) is 47.5 Å². The summed E-state index contributed by atoms with van der Waals surface area (Å²) in [6, 6.07) is 21.8. The number of rotatable bonds is 8. The molecule has 4 rings (SSSR count). The second-order valence-corrected chi connectivity index (χ2v) is 8.17. The average Bonchev–Trinajstić information content (AvgIpc) is 3.10. The first kappa shape index (κ1) is 22.5. The number of carbonyl (C=O) groups is 1. The van der Waals surface area contributed by atoms with Gasteiger partial charge in [0, 0.05) is 28.6 Å². The van der Waals surface area contributed by atoms with Gasteiger partial charge in [-0.2, -0.15) is 0 Å². The highest BCUT2D eigenvalue weighted by molar-refractivity contribution is 9.09. The number of hydrogen-bond donors (Lipinski definition) is 0. The van der Waals surface area contributed by atoms with Crippen molar-refractivity contribution in [1.82, 2.24) is 0 Å². The number of amides is 1. The van der Waals surface area contributed by atoms with Gasteiger partial charge in [-0.25, -0.2) is 0 Å². The zero-order valence-electron chi connectivity index (χ0n) is 17.7. The zero-order chi connectivity index (χ0) is 23.2. The third kappa shape index (κ3) is 5.21. The van der Waals surface area contributed by atoms with E-state index in [4.69, 9.17) is 4.74 Å². The standard InChI is InChI=1S/C26H21BrN2O4/c27-16-17-33-22-14-10-20(11-15-22)18-28-25-7-2-1-5-23(25)24(26(28)30)6-3-4-19-8-12-21(13-9-19)29(31)32/h1-15H,16-18H2/b4-3+,24-6?. The van der Waals surface area contributed by atoms with Crippen molar-refractivity contribution in [2.75, 3.05) is 16.8 Å². The van der Waals surface area contributed by atoms with Crippen molar-refractivity contribution in [2.24, 2.45) is 0 Å². The highest BCUT2D eigenvalue weighted by atomic mass is 79.9. The fraction of sp³-hybridized carbons (Fsp3) is 0.115. The molecule has 0 saturated heterocycles. The molecular formula is C26H21BrN2O4. The summed E-state index contributed by atoms with van der Waals surface area (Å²) in [5.41, 5.74) is 4.23. The molecule has 0 fully saturated rings. The normalized spacial score (nSPS) is 14.2. The number of hydrogen-bond acceptors (Lipinski definition) is 4. The molecule has 1 heterocycles. The molecule has 0 spiro atoms. The maximum absolute atomic E-state index is 13.3. The lowest BCUT2D eigenvalue weighted by molar-refractivity contribution is -0.384. The highest BCUT2D eigenvalue weighted by Crippen LogP contribution is 2.37. The lowest BCUT2D eigenvalue weighted by atomic mass is 10.1. The molecule has 7 heteroatoms. The third-order valence-corrected chi connectivity index (χ3v) is 5.55. The first-order valence-electron chi connectivity index (χ1n) is 10.4. The molecule has 0 saturated carbocycles. The van der Waals surface area contributed by atoms with E-state index in [-0.39, 0.29) is 11.6 Å². The number of nitro benzene ring substituents is 1. The van der Waals surface area contributed by atoms with E-state index in [2.05, 4.69) is 15.9 Å². The Morgan fingerprint density at radius 1 is 1.00 bits per heavy atom. The number of non-ortho nitro benzene ring substituents is 1. The fourth-order valence-corrected chi connectivity index (χ4v) is 3.78. The molecule has 0 bridgehead atoms. The van der Waals surface area contributed by atoms with Crippen LogP contribution in [0.1, 0.15) is 16.7 Å². The Labute approximate surface area is 200 Å². The van der Waals surface area contributed by atoms with Crippen molar-refractivity contribution in [3.63, 3.8) is 0 Å². The average molecular weight is 505 g/mol. The van der Waals surface area contributed by atoms with E-state index in [1.54, 1.807) is 29.2 Å². The van der Waals surface area contributed by atoms with Gasteiger partial charge in [0.2, 0.25) is 0 Å². The predicted octanol–water partition coefficient (Wildman–Crippen LogP) is 6.01. The Hall–Kier alpha value is -3.71. The minimum Gasteiger partial charge on any atom is -0.493 e. The molecule has 166 valence electrons. The number of para-hydroxylation sites is 1. The molecule has 1 aliphatic heterocycles. The van der Waals surface area contributed by atoms with Crippen LogP contribution in [0.4, 0.5) is 11.4 Å². The van der Waals surface area contributed by atoms with Gasteiger partial charge in [0.05, 0.1) is 23.8 Å². The Kier molecular flexibility index (Phi) is 7.00. The van der Waals surface area contributed by atoms with Gasteiger partial charge < -0.3 is 9.64 Å². The van der Waals surface area contributed by atoms with Crippen LogP contribution in [0, 0.1) is 10.1 Å². The van der Waals surface area contributed by atoms with E-state index in [0.29, 0.717) is 18.7 Å². The summed E-state index contributed by atoms with van der Waals surface area (Å²) >= 11 is 3.34. The number of nitrogens with zero attached hydrogens (tertiary/aromatic N) is 2. The number of allylic oxidation sites excluding steroid dienone is 2. The molecule has 33 heavy (non-hydrogen) atoms. The number of ether oxygens (including phenoxy) is 1. The molecule has 3 aromatic rings. The van der Waals surface area contributed by atoms with Gasteiger partial charge in [-0.3, -0.25) is 14.9 Å². The zero-order valence-corrected chi connectivity index (χ0v) is 19.3. The van der Waals surface area contributed by atoms with Crippen LogP contribution in [-0.2, 0) is 11.3 Å². The summed E-state index contributed by atoms with van der Waals surface area (Å²) in [4.78, 5) is 25.4. The maximum atomic E-state index is 13.3. The van der Waals surface area contributed by atoms with Crippen molar-refractivity contribution in [3.05, 3.63) is 112 Å². The summed E-state index contributed by atoms with van der Waals surface area (Å²) in [5, 5.41) is 11.6. The highest BCUT2D eigenvalue weighted by Gasteiger charge is 2.31. The number of alkyl halides is 1. The van der Waals surface area contributed by atoms with Crippen molar-refractivity contribution in [2.45, 2.75) is 6.54 Å². The molecule has 0 aliphatic carbocycles. The quantitative estimate of drug-likeness (QED) is 0.163. The maximum Gasteiger partial charge on any atom is 0.269 e. The van der Waals surface area contributed by atoms with Gasteiger partial charge in [-0.1, -0.05) is 58.4 Å². The van der Waals surface area contributed by atoms with Crippen molar-refractivity contribution in [1.29, 1.82) is 0 Å². The van der Waals surface area contributed by atoms with Crippen molar-refractivity contribution < 1.29 is 14.5 Å². The van der Waals surface area contributed by atoms with Crippen LogP contribution in [0.2, 0.25) is 0 Å². The molecule has 0 unspecified atom stereocenters.